The van der Waals surface area contributed by atoms with Crippen LogP contribution in [0, 0.1) is 6.92 Å². The maximum Gasteiger partial charge on any atom is 0.183 e. The third-order valence-electron chi connectivity index (χ3n) is 2.73. The molecule has 5 heteroatoms. The van der Waals surface area contributed by atoms with Gasteiger partial charge in [0.2, 0.25) is 0 Å². The number of carbonyl (C=O) groups is 1. The molecular weight excluding hydrogens is 232 g/mol. The number of aromatic hydroxyl groups is 1. The fraction of sp³-hybridized carbons (Fsp3) is 0.231. The lowest BCUT2D eigenvalue weighted by Gasteiger charge is -2.09. The second kappa shape index (κ2) is 4.52. The van der Waals surface area contributed by atoms with Crippen molar-refractivity contribution in [1.29, 1.82) is 0 Å². The summed E-state index contributed by atoms with van der Waals surface area (Å²) in [7, 11) is 1.56. The van der Waals surface area contributed by atoms with E-state index in [0.29, 0.717) is 17.1 Å². The van der Waals surface area contributed by atoms with Crippen LogP contribution in [-0.2, 0) is 0 Å². The van der Waals surface area contributed by atoms with Gasteiger partial charge in [-0.2, -0.15) is 5.10 Å². The zero-order chi connectivity index (χ0) is 13.3. The Morgan fingerprint density at radius 2 is 2.06 bits per heavy atom. The van der Waals surface area contributed by atoms with Gasteiger partial charge in [0.15, 0.2) is 17.2 Å². The van der Waals surface area contributed by atoms with Crippen molar-refractivity contribution in [2.24, 2.45) is 0 Å². The number of para-hydroxylation sites is 2. The average Bonchev–Trinajstić information content (AvgIpc) is 2.66. The fourth-order valence-corrected chi connectivity index (χ4v) is 1.77. The monoisotopic (exact) mass is 246 g/mol. The minimum atomic E-state index is -0.274. The summed E-state index contributed by atoms with van der Waals surface area (Å²) in [5, 5.41) is 14.0. The standard InChI is InChI=1S/C13H14N2O3/c1-8-13(17)12(9(2)16)14-15(8)10-6-4-5-7-11(10)18-3/h4-7,17H,1-3H3. The van der Waals surface area contributed by atoms with Gasteiger partial charge >= 0.3 is 0 Å². The molecule has 2 rings (SSSR count). The molecule has 0 saturated heterocycles. The van der Waals surface area contributed by atoms with Crippen LogP contribution in [0.3, 0.4) is 0 Å². The Labute approximate surface area is 105 Å². The summed E-state index contributed by atoms with van der Waals surface area (Å²) in [6.07, 6.45) is 0. The molecular formula is C13H14N2O3. The van der Waals surface area contributed by atoms with Crippen molar-refractivity contribution in [3.63, 3.8) is 0 Å². The highest BCUT2D eigenvalue weighted by molar-refractivity contribution is 5.95. The van der Waals surface area contributed by atoms with Crippen molar-refractivity contribution in [2.75, 3.05) is 7.11 Å². The number of nitrogens with zero attached hydrogens (tertiary/aromatic N) is 2. The van der Waals surface area contributed by atoms with E-state index in [1.165, 1.54) is 11.6 Å². The topological polar surface area (TPSA) is 64.4 Å². The van der Waals surface area contributed by atoms with Gasteiger partial charge in [-0.3, -0.25) is 4.79 Å². The quantitative estimate of drug-likeness (QED) is 0.842. The van der Waals surface area contributed by atoms with E-state index in [1.807, 2.05) is 18.2 Å². The first-order valence-electron chi connectivity index (χ1n) is 5.49. The van der Waals surface area contributed by atoms with Gasteiger partial charge in [-0.05, 0) is 19.1 Å². The second-order valence-corrected chi connectivity index (χ2v) is 3.92. The van der Waals surface area contributed by atoms with Crippen LogP contribution >= 0.6 is 0 Å². The number of rotatable bonds is 3. The molecule has 0 saturated carbocycles. The molecule has 2 aromatic rings. The van der Waals surface area contributed by atoms with Gasteiger partial charge in [0, 0.05) is 6.92 Å². The second-order valence-electron chi connectivity index (χ2n) is 3.92. The number of aromatic nitrogens is 2. The lowest BCUT2D eigenvalue weighted by atomic mass is 10.2. The van der Waals surface area contributed by atoms with Gasteiger partial charge < -0.3 is 9.84 Å². The van der Waals surface area contributed by atoms with E-state index in [-0.39, 0.29) is 17.2 Å². The third kappa shape index (κ3) is 1.84. The molecule has 18 heavy (non-hydrogen) atoms. The normalized spacial score (nSPS) is 10.4. The summed E-state index contributed by atoms with van der Waals surface area (Å²) in [5.41, 5.74) is 1.25. The predicted molar refractivity (Wildman–Crippen MR) is 66.5 cm³/mol. The summed E-state index contributed by atoms with van der Waals surface area (Å²) in [4.78, 5) is 11.4. The highest BCUT2D eigenvalue weighted by Crippen LogP contribution is 2.28. The minimum absolute atomic E-state index is 0.0680. The van der Waals surface area contributed by atoms with E-state index in [9.17, 15) is 9.90 Å². The van der Waals surface area contributed by atoms with Crippen molar-refractivity contribution >= 4 is 5.78 Å². The van der Waals surface area contributed by atoms with Gasteiger partial charge in [0.25, 0.3) is 0 Å². The largest absolute Gasteiger partial charge is 0.504 e. The summed E-state index contributed by atoms with van der Waals surface area (Å²) < 4.78 is 6.74. The fourth-order valence-electron chi connectivity index (χ4n) is 1.77. The van der Waals surface area contributed by atoms with Gasteiger partial charge in [-0.25, -0.2) is 4.68 Å². The number of benzene rings is 1. The van der Waals surface area contributed by atoms with Gasteiger partial charge in [0.05, 0.1) is 12.8 Å². The molecule has 0 aliphatic heterocycles. The Balaban J connectivity index is 2.65. The van der Waals surface area contributed by atoms with Crippen molar-refractivity contribution < 1.29 is 14.6 Å². The Bertz CT molecular complexity index is 602. The van der Waals surface area contributed by atoms with Gasteiger partial charge in [0.1, 0.15) is 11.4 Å². The van der Waals surface area contributed by atoms with E-state index < -0.39 is 0 Å². The van der Waals surface area contributed by atoms with Crippen LogP contribution in [0.15, 0.2) is 24.3 Å². The van der Waals surface area contributed by atoms with Crippen LogP contribution < -0.4 is 4.74 Å². The Hall–Kier alpha value is -2.30. The number of hydrogen-bond acceptors (Lipinski definition) is 4. The van der Waals surface area contributed by atoms with E-state index >= 15 is 0 Å². The molecule has 0 spiro atoms. The Kier molecular flexibility index (Phi) is 3.06. The number of Topliss-reactive ketones (excluding diaryl/α,β-unsaturated/α-hetero) is 1. The van der Waals surface area contributed by atoms with Crippen molar-refractivity contribution in [2.45, 2.75) is 13.8 Å². The van der Waals surface area contributed by atoms with E-state index in [1.54, 1.807) is 20.1 Å². The number of hydrogen-bond donors (Lipinski definition) is 1. The smallest absolute Gasteiger partial charge is 0.183 e. The van der Waals surface area contributed by atoms with Crippen molar-refractivity contribution in [1.82, 2.24) is 9.78 Å². The van der Waals surface area contributed by atoms with Crippen LogP contribution in [-0.4, -0.2) is 27.8 Å². The van der Waals surface area contributed by atoms with E-state index in [2.05, 4.69) is 5.10 Å². The molecule has 0 bridgehead atoms. The van der Waals surface area contributed by atoms with Crippen LogP contribution in [0.1, 0.15) is 23.1 Å². The molecule has 0 unspecified atom stereocenters. The first kappa shape index (κ1) is 12.2. The van der Waals surface area contributed by atoms with Gasteiger partial charge in [-0.1, -0.05) is 12.1 Å². The first-order chi connectivity index (χ1) is 8.56. The lowest BCUT2D eigenvalue weighted by molar-refractivity contribution is 0.101. The number of ketones is 1. The first-order valence-corrected chi connectivity index (χ1v) is 5.49. The van der Waals surface area contributed by atoms with Crippen molar-refractivity contribution in [3.8, 4) is 17.2 Å². The molecule has 0 atom stereocenters. The molecule has 0 radical (unpaired) electrons. The molecule has 1 N–H and O–H groups in total. The predicted octanol–water partition coefficient (Wildman–Crippen LogP) is 2.10. The van der Waals surface area contributed by atoms with Crippen molar-refractivity contribution in [3.05, 3.63) is 35.7 Å². The lowest BCUT2D eigenvalue weighted by Crippen LogP contribution is -2.03. The average molecular weight is 246 g/mol. The molecule has 94 valence electrons. The zero-order valence-electron chi connectivity index (χ0n) is 10.5. The van der Waals surface area contributed by atoms with E-state index in [0.717, 1.165) is 0 Å². The molecule has 5 nitrogen and oxygen atoms in total. The summed E-state index contributed by atoms with van der Waals surface area (Å²) in [5.74, 6) is 0.260. The maximum atomic E-state index is 11.4. The highest BCUT2D eigenvalue weighted by atomic mass is 16.5. The molecule has 0 amide bonds. The third-order valence-corrected chi connectivity index (χ3v) is 2.73. The van der Waals surface area contributed by atoms with Crippen LogP contribution in [0.4, 0.5) is 0 Å². The number of carbonyl (C=O) groups excluding carboxylic acids is 1. The zero-order valence-corrected chi connectivity index (χ0v) is 10.5. The Morgan fingerprint density at radius 3 is 2.61 bits per heavy atom. The number of methoxy groups -OCH3 is 1. The summed E-state index contributed by atoms with van der Waals surface area (Å²) >= 11 is 0. The molecule has 0 aliphatic carbocycles. The molecule has 0 fully saturated rings. The minimum Gasteiger partial charge on any atom is -0.504 e. The number of ether oxygens (including phenoxy) is 1. The summed E-state index contributed by atoms with van der Waals surface area (Å²) in [6, 6.07) is 7.28. The van der Waals surface area contributed by atoms with E-state index in [4.69, 9.17) is 4.74 Å². The van der Waals surface area contributed by atoms with Crippen LogP contribution in [0.2, 0.25) is 0 Å². The maximum absolute atomic E-state index is 11.4. The van der Waals surface area contributed by atoms with Crippen LogP contribution in [0.5, 0.6) is 11.5 Å². The van der Waals surface area contributed by atoms with Crippen LogP contribution in [0.25, 0.3) is 5.69 Å². The molecule has 1 aromatic heterocycles. The summed E-state index contributed by atoms with van der Waals surface area (Å²) in [6.45, 7) is 3.06. The Morgan fingerprint density at radius 1 is 1.39 bits per heavy atom. The molecule has 1 aromatic carbocycles. The highest BCUT2D eigenvalue weighted by Gasteiger charge is 2.19. The van der Waals surface area contributed by atoms with Gasteiger partial charge in [-0.15, -0.1) is 0 Å². The molecule has 0 aliphatic rings. The molecule has 1 heterocycles. The SMILES string of the molecule is COc1ccccc1-n1nc(C(C)=O)c(O)c1C.